The van der Waals surface area contributed by atoms with Crippen molar-refractivity contribution in [2.75, 3.05) is 24.1 Å². The maximum Gasteiger partial charge on any atom is 0.296 e. The molecule has 1 aromatic carbocycles. The molecule has 1 aliphatic heterocycles. The number of nitrogens with two attached hydrogens (primary N) is 1. The molecule has 0 bridgehead atoms. The van der Waals surface area contributed by atoms with Crippen LogP contribution < -0.4 is 11.1 Å². The van der Waals surface area contributed by atoms with Crippen molar-refractivity contribution in [3.05, 3.63) is 18.2 Å². The number of benzene rings is 1. The van der Waals surface area contributed by atoms with Gasteiger partial charge in [0, 0.05) is 18.8 Å². The number of piperidine rings is 1. The molecule has 3 N–H and O–H groups in total. The average Bonchev–Trinajstić information content (AvgIpc) is 2.88. The van der Waals surface area contributed by atoms with Gasteiger partial charge in [0.15, 0.2) is 5.58 Å². The first-order valence-electron chi connectivity index (χ1n) is 7.35. The predicted molar refractivity (Wildman–Crippen MR) is 81.9 cm³/mol. The van der Waals surface area contributed by atoms with Crippen LogP contribution in [-0.2, 0) is 4.79 Å². The summed E-state index contributed by atoms with van der Waals surface area (Å²) in [5, 5.41) is 3.04. The molecular formula is C15H20N4O2. The molecule has 3 rings (SSSR count). The minimum absolute atomic E-state index is 0.0940. The fourth-order valence-electron chi connectivity index (χ4n) is 2.64. The van der Waals surface area contributed by atoms with Crippen LogP contribution in [0.4, 0.5) is 11.7 Å². The van der Waals surface area contributed by atoms with Gasteiger partial charge in [-0.1, -0.05) is 0 Å². The number of carbonyl (C=O) groups excluding carboxylic acids is 1. The van der Waals surface area contributed by atoms with Gasteiger partial charge in [-0.3, -0.25) is 4.79 Å². The van der Waals surface area contributed by atoms with Crippen molar-refractivity contribution in [2.45, 2.75) is 32.2 Å². The van der Waals surface area contributed by atoms with Crippen LogP contribution in [0.2, 0.25) is 0 Å². The lowest BCUT2D eigenvalue weighted by Gasteiger charge is -2.29. The molecular weight excluding hydrogens is 268 g/mol. The Morgan fingerprint density at radius 1 is 1.38 bits per heavy atom. The zero-order valence-corrected chi connectivity index (χ0v) is 12.1. The highest BCUT2D eigenvalue weighted by atomic mass is 16.4. The number of likely N-dealkylation sites (tertiary alicyclic amines) is 1. The van der Waals surface area contributed by atoms with E-state index >= 15 is 0 Å². The highest BCUT2D eigenvalue weighted by Gasteiger charge is 2.23. The third-order valence-electron chi connectivity index (χ3n) is 3.79. The molecule has 1 aromatic heterocycles. The summed E-state index contributed by atoms with van der Waals surface area (Å²) >= 11 is 0. The molecule has 6 nitrogen and oxygen atoms in total. The SMILES string of the molecule is CC(Nc1nc2cc(N)ccc2o1)C(=O)N1CCCCC1. The molecule has 1 atom stereocenters. The summed E-state index contributed by atoms with van der Waals surface area (Å²) in [5.41, 5.74) is 7.70. The third kappa shape index (κ3) is 2.94. The Balaban J connectivity index is 1.70. The fourth-order valence-corrected chi connectivity index (χ4v) is 2.64. The maximum absolute atomic E-state index is 12.3. The lowest BCUT2D eigenvalue weighted by molar-refractivity contribution is -0.132. The van der Waals surface area contributed by atoms with Crippen molar-refractivity contribution in [2.24, 2.45) is 0 Å². The maximum atomic E-state index is 12.3. The number of aromatic nitrogens is 1. The molecule has 1 fully saturated rings. The molecule has 2 heterocycles. The molecule has 112 valence electrons. The molecule has 1 saturated heterocycles. The minimum atomic E-state index is -0.353. The molecule has 1 amide bonds. The van der Waals surface area contributed by atoms with Crippen molar-refractivity contribution in [3.63, 3.8) is 0 Å². The summed E-state index contributed by atoms with van der Waals surface area (Å²) in [6.07, 6.45) is 3.37. The number of fused-ring (bicyclic) bond motifs is 1. The molecule has 6 heteroatoms. The zero-order valence-electron chi connectivity index (χ0n) is 12.1. The highest BCUT2D eigenvalue weighted by Crippen LogP contribution is 2.21. The van der Waals surface area contributed by atoms with Gasteiger partial charge in [-0.25, -0.2) is 0 Å². The van der Waals surface area contributed by atoms with Crippen molar-refractivity contribution in [1.29, 1.82) is 0 Å². The largest absolute Gasteiger partial charge is 0.424 e. The number of hydrogen-bond acceptors (Lipinski definition) is 5. The van der Waals surface area contributed by atoms with Gasteiger partial charge in [0.25, 0.3) is 6.01 Å². The second kappa shape index (κ2) is 5.63. The van der Waals surface area contributed by atoms with Crippen molar-refractivity contribution in [1.82, 2.24) is 9.88 Å². The number of anilines is 2. The Morgan fingerprint density at radius 3 is 2.90 bits per heavy atom. The summed E-state index contributed by atoms with van der Waals surface area (Å²) in [7, 11) is 0. The van der Waals surface area contributed by atoms with E-state index in [0.717, 1.165) is 25.9 Å². The molecule has 1 aliphatic rings. The number of nitrogen functional groups attached to an aromatic ring is 1. The Bertz CT molecular complexity index is 646. The quantitative estimate of drug-likeness (QED) is 0.846. The van der Waals surface area contributed by atoms with E-state index in [9.17, 15) is 4.79 Å². The smallest absolute Gasteiger partial charge is 0.296 e. The van der Waals surface area contributed by atoms with Gasteiger partial charge in [-0.05, 0) is 44.4 Å². The third-order valence-corrected chi connectivity index (χ3v) is 3.79. The van der Waals surface area contributed by atoms with Crippen LogP contribution in [0.1, 0.15) is 26.2 Å². The molecule has 0 radical (unpaired) electrons. The van der Waals surface area contributed by atoms with Crippen LogP contribution in [0.3, 0.4) is 0 Å². The van der Waals surface area contributed by atoms with Crippen LogP contribution in [0, 0.1) is 0 Å². The second-order valence-corrected chi connectivity index (χ2v) is 5.50. The van der Waals surface area contributed by atoms with Crippen molar-refractivity contribution < 1.29 is 9.21 Å². The average molecular weight is 288 g/mol. The van der Waals surface area contributed by atoms with Gasteiger partial charge in [-0.15, -0.1) is 0 Å². The Hall–Kier alpha value is -2.24. The van der Waals surface area contributed by atoms with Crippen molar-refractivity contribution >= 4 is 28.7 Å². The number of amides is 1. The van der Waals surface area contributed by atoms with Gasteiger partial charge in [0.2, 0.25) is 5.91 Å². The lowest BCUT2D eigenvalue weighted by Crippen LogP contribution is -2.43. The van der Waals surface area contributed by atoms with Gasteiger partial charge in [-0.2, -0.15) is 4.98 Å². The van der Waals surface area contributed by atoms with Gasteiger partial charge >= 0.3 is 0 Å². The topological polar surface area (TPSA) is 84.4 Å². The number of hydrogen-bond donors (Lipinski definition) is 2. The molecule has 0 aliphatic carbocycles. The Morgan fingerprint density at radius 2 is 2.14 bits per heavy atom. The van der Waals surface area contributed by atoms with E-state index in [2.05, 4.69) is 10.3 Å². The molecule has 0 spiro atoms. The Labute approximate surface area is 123 Å². The molecule has 0 saturated carbocycles. The van der Waals surface area contributed by atoms with Gasteiger partial charge in [0.05, 0.1) is 0 Å². The fraction of sp³-hybridized carbons (Fsp3) is 0.467. The Kier molecular flexibility index (Phi) is 3.68. The second-order valence-electron chi connectivity index (χ2n) is 5.50. The normalized spacial score (nSPS) is 16.9. The lowest BCUT2D eigenvalue weighted by atomic mass is 10.1. The number of rotatable bonds is 3. The standard InChI is InChI=1S/C15H20N4O2/c1-10(14(20)19-7-3-2-4-8-19)17-15-18-12-9-11(16)5-6-13(12)21-15/h5-6,9-10H,2-4,7-8,16H2,1H3,(H,17,18). The molecule has 2 aromatic rings. The minimum Gasteiger partial charge on any atom is -0.424 e. The van der Waals surface area contributed by atoms with Crippen LogP contribution in [-0.4, -0.2) is 34.9 Å². The van der Waals surface area contributed by atoms with E-state index in [1.54, 1.807) is 18.2 Å². The summed E-state index contributed by atoms with van der Waals surface area (Å²) in [5.74, 6) is 0.0940. The van der Waals surface area contributed by atoms with E-state index in [-0.39, 0.29) is 11.9 Å². The van der Waals surface area contributed by atoms with Crippen LogP contribution >= 0.6 is 0 Å². The first-order chi connectivity index (χ1) is 10.1. The number of nitrogens with one attached hydrogen (secondary N) is 1. The van der Waals surface area contributed by atoms with E-state index in [0.29, 0.717) is 22.8 Å². The summed E-state index contributed by atoms with van der Waals surface area (Å²) in [6.45, 7) is 3.52. The van der Waals surface area contributed by atoms with Crippen LogP contribution in [0.15, 0.2) is 22.6 Å². The molecule has 1 unspecified atom stereocenters. The van der Waals surface area contributed by atoms with E-state index in [1.807, 2.05) is 11.8 Å². The number of carbonyl (C=O) groups is 1. The number of oxazole rings is 1. The summed E-state index contributed by atoms with van der Waals surface area (Å²) in [6, 6.07) is 5.29. The first-order valence-corrected chi connectivity index (χ1v) is 7.35. The van der Waals surface area contributed by atoms with Crippen LogP contribution in [0.5, 0.6) is 0 Å². The first kappa shape index (κ1) is 13.7. The predicted octanol–water partition coefficient (Wildman–Crippen LogP) is 2.22. The van der Waals surface area contributed by atoms with E-state index in [4.69, 9.17) is 10.2 Å². The van der Waals surface area contributed by atoms with Gasteiger partial charge < -0.3 is 20.4 Å². The van der Waals surface area contributed by atoms with E-state index < -0.39 is 0 Å². The van der Waals surface area contributed by atoms with Crippen molar-refractivity contribution in [3.8, 4) is 0 Å². The number of nitrogens with zero attached hydrogens (tertiary/aromatic N) is 2. The monoisotopic (exact) mass is 288 g/mol. The summed E-state index contributed by atoms with van der Waals surface area (Å²) in [4.78, 5) is 18.6. The van der Waals surface area contributed by atoms with E-state index in [1.165, 1.54) is 6.42 Å². The summed E-state index contributed by atoms with van der Waals surface area (Å²) < 4.78 is 5.58. The van der Waals surface area contributed by atoms with Crippen LogP contribution in [0.25, 0.3) is 11.1 Å². The highest BCUT2D eigenvalue weighted by molar-refractivity contribution is 5.84. The molecule has 21 heavy (non-hydrogen) atoms. The zero-order chi connectivity index (χ0) is 14.8. The van der Waals surface area contributed by atoms with Gasteiger partial charge in [0.1, 0.15) is 11.6 Å².